The molecule has 0 amide bonds. The molecule has 0 heterocycles. The van der Waals surface area contributed by atoms with Gasteiger partial charge in [-0.3, -0.25) is 0 Å². The van der Waals surface area contributed by atoms with Crippen molar-refractivity contribution in [1.82, 2.24) is 0 Å². The van der Waals surface area contributed by atoms with Crippen LogP contribution in [0.3, 0.4) is 0 Å². The van der Waals surface area contributed by atoms with Crippen LogP contribution in [-0.4, -0.2) is 52.9 Å². The molecule has 3 nitrogen and oxygen atoms in total. The number of rotatable bonds is 5. The maximum atomic E-state index is 5.73. The average molecular weight is 303 g/mol. The van der Waals surface area contributed by atoms with Crippen LogP contribution in [0.15, 0.2) is 24.3 Å². The highest BCUT2D eigenvalue weighted by atomic mass is 79.9. The molecule has 0 atom stereocenters. The first-order valence-electron chi connectivity index (χ1n) is 5.59. The van der Waals surface area contributed by atoms with E-state index in [9.17, 15) is 0 Å². The lowest BCUT2D eigenvalue weighted by Crippen LogP contribution is -3.00. The smallest absolute Gasteiger partial charge is 0.137 e. The Labute approximate surface area is 115 Å². The number of hydrogen-bond donors (Lipinski definition) is 0. The highest BCUT2D eigenvalue weighted by molar-refractivity contribution is 5.49. The quantitative estimate of drug-likeness (QED) is 0.637. The van der Waals surface area contributed by atoms with Gasteiger partial charge in [-0.05, 0) is 12.1 Å². The maximum absolute atomic E-state index is 5.73. The van der Waals surface area contributed by atoms with Crippen molar-refractivity contribution >= 4 is 5.69 Å². The first-order valence-corrected chi connectivity index (χ1v) is 5.59. The second-order valence-electron chi connectivity index (χ2n) is 5.25. The Hall–Kier alpha value is -0.740. The molecule has 0 spiro atoms. The van der Waals surface area contributed by atoms with Crippen molar-refractivity contribution in [2.75, 3.05) is 53.3 Å². The minimum Gasteiger partial charge on any atom is -1.00 e. The molecule has 0 bridgehead atoms. The van der Waals surface area contributed by atoms with Gasteiger partial charge in [0.05, 0.1) is 21.1 Å². The van der Waals surface area contributed by atoms with Gasteiger partial charge in [0.15, 0.2) is 0 Å². The van der Waals surface area contributed by atoms with E-state index in [1.54, 1.807) is 0 Å². The van der Waals surface area contributed by atoms with E-state index in [0.29, 0.717) is 0 Å². The van der Waals surface area contributed by atoms with Crippen molar-refractivity contribution in [3.05, 3.63) is 24.3 Å². The summed E-state index contributed by atoms with van der Waals surface area (Å²) < 4.78 is 6.65. The number of likely N-dealkylation sites (N-methyl/N-ethyl adjacent to an activating group) is 1. The minimum absolute atomic E-state index is 0. The van der Waals surface area contributed by atoms with Crippen LogP contribution in [0.5, 0.6) is 5.75 Å². The predicted octanol–water partition coefficient (Wildman–Crippen LogP) is -1.16. The van der Waals surface area contributed by atoms with Crippen LogP contribution < -0.4 is 26.6 Å². The largest absolute Gasteiger partial charge is 1.00 e. The molecular formula is C13H23BrN2O. The van der Waals surface area contributed by atoms with Crippen molar-refractivity contribution in [1.29, 1.82) is 0 Å². The molecule has 0 aromatic heterocycles. The summed E-state index contributed by atoms with van der Waals surface area (Å²) in [5, 5.41) is 0. The highest BCUT2D eigenvalue weighted by Crippen LogP contribution is 2.19. The monoisotopic (exact) mass is 302 g/mol. The van der Waals surface area contributed by atoms with Gasteiger partial charge in [-0.2, -0.15) is 0 Å². The number of hydrogen-bond acceptors (Lipinski definition) is 2. The summed E-state index contributed by atoms with van der Waals surface area (Å²) >= 11 is 0. The zero-order valence-electron chi connectivity index (χ0n) is 11.4. The summed E-state index contributed by atoms with van der Waals surface area (Å²) in [4.78, 5) is 2.08. The first kappa shape index (κ1) is 16.3. The van der Waals surface area contributed by atoms with Crippen LogP contribution in [0.4, 0.5) is 5.69 Å². The van der Waals surface area contributed by atoms with Crippen LogP contribution in [-0.2, 0) is 0 Å². The lowest BCUT2D eigenvalue weighted by atomic mass is 10.3. The van der Waals surface area contributed by atoms with E-state index in [1.165, 1.54) is 5.69 Å². The second-order valence-corrected chi connectivity index (χ2v) is 5.25. The number of benzene rings is 1. The minimum atomic E-state index is 0. The normalized spacial score (nSPS) is 10.6. The van der Waals surface area contributed by atoms with Gasteiger partial charge < -0.3 is 31.1 Å². The third kappa shape index (κ3) is 6.54. The van der Waals surface area contributed by atoms with Crippen LogP contribution in [0.1, 0.15) is 0 Å². The molecule has 0 radical (unpaired) electrons. The van der Waals surface area contributed by atoms with Crippen molar-refractivity contribution in [2.45, 2.75) is 0 Å². The van der Waals surface area contributed by atoms with Crippen molar-refractivity contribution in [3.63, 3.8) is 0 Å². The van der Waals surface area contributed by atoms with Gasteiger partial charge in [0.25, 0.3) is 0 Å². The summed E-state index contributed by atoms with van der Waals surface area (Å²) in [7, 11) is 10.6. The van der Waals surface area contributed by atoms with E-state index in [4.69, 9.17) is 4.74 Å². The molecule has 0 unspecified atom stereocenters. The summed E-state index contributed by atoms with van der Waals surface area (Å²) in [6.07, 6.45) is 0. The Bertz CT molecular complexity index is 334. The van der Waals surface area contributed by atoms with Crippen molar-refractivity contribution < 1.29 is 26.2 Å². The van der Waals surface area contributed by atoms with E-state index < -0.39 is 0 Å². The van der Waals surface area contributed by atoms with E-state index in [0.717, 1.165) is 23.4 Å². The maximum Gasteiger partial charge on any atom is 0.137 e. The molecule has 0 aliphatic carbocycles. The SMILES string of the molecule is CN(C)c1cccc(OCC[N+](C)(C)C)c1.[Br-]. The fourth-order valence-corrected chi connectivity index (χ4v) is 1.29. The molecule has 0 saturated heterocycles. The Balaban J connectivity index is 0.00000256. The van der Waals surface area contributed by atoms with Gasteiger partial charge in [0, 0.05) is 25.8 Å². The van der Waals surface area contributed by atoms with Gasteiger partial charge in [0.1, 0.15) is 18.9 Å². The number of ether oxygens (including phenoxy) is 1. The third-order valence-electron chi connectivity index (χ3n) is 2.36. The number of halogens is 1. The fraction of sp³-hybridized carbons (Fsp3) is 0.538. The topological polar surface area (TPSA) is 12.5 Å². The average Bonchev–Trinajstić information content (AvgIpc) is 2.16. The number of quaternary nitrogens is 1. The summed E-state index contributed by atoms with van der Waals surface area (Å²) in [6, 6.07) is 8.17. The van der Waals surface area contributed by atoms with Gasteiger partial charge in [-0.15, -0.1) is 0 Å². The van der Waals surface area contributed by atoms with Gasteiger partial charge in [-0.25, -0.2) is 0 Å². The van der Waals surface area contributed by atoms with E-state index in [-0.39, 0.29) is 17.0 Å². The summed E-state index contributed by atoms with van der Waals surface area (Å²) in [6.45, 7) is 1.76. The number of nitrogens with zero attached hydrogens (tertiary/aromatic N) is 2. The van der Waals surface area contributed by atoms with Crippen LogP contribution in [0.2, 0.25) is 0 Å². The lowest BCUT2D eigenvalue weighted by molar-refractivity contribution is -0.870. The highest BCUT2D eigenvalue weighted by Gasteiger charge is 2.06. The number of anilines is 1. The standard InChI is InChI=1S/C13H23N2O.BrH/c1-14(2)12-7-6-8-13(11-12)16-10-9-15(3,4)5;/h6-8,11H,9-10H2,1-5H3;1H/q+1;/p-1. The van der Waals surface area contributed by atoms with Gasteiger partial charge >= 0.3 is 0 Å². The molecule has 98 valence electrons. The van der Waals surface area contributed by atoms with Gasteiger partial charge in [0.2, 0.25) is 0 Å². The Kier molecular flexibility index (Phi) is 6.57. The molecule has 17 heavy (non-hydrogen) atoms. The van der Waals surface area contributed by atoms with Crippen LogP contribution in [0.25, 0.3) is 0 Å². The van der Waals surface area contributed by atoms with Crippen LogP contribution in [0, 0.1) is 0 Å². The van der Waals surface area contributed by atoms with Gasteiger partial charge in [-0.1, -0.05) is 6.07 Å². The Morgan fingerprint density at radius 1 is 1.18 bits per heavy atom. The summed E-state index contributed by atoms with van der Waals surface area (Å²) in [5.41, 5.74) is 1.17. The van der Waals surface area contributed by atoms with E-state index in [2.05, 4.69) is 38.2 Å². The summed E-state index contributed by atoms with van der Waals surface area (Å²) in [5.74, 6) is 0.944. The van der Waals surface area contributed by atoms with E-state index >= 15 is 0 Å². The Morgan fingerprint density at radius 2 is 1.82 bits per heavy atom. The van der Waals surface area contributed by atoms with Crippen molar-refractivity contribution in [2.24, 2.45) is 0 Å². The molecule has 1 aromatic rings. The fourth-order valence-electron chi connectivity index (χ4n) is 1.29. The van der Waals surface area contributed by atoms with Crippen molar-refractivity contribution in [3.8, 4) is 5.75 Å². The van der Waals surface area contributed by atoms with E-state index in [1.807, 2.05) is 26.2 Å². The predicted molar refractivity (Wildman–Crippen MR) is 69.2 cm³/mol. The molecule has 0 fully saturated rings. The molecular weight excluding hydrogens is 280 g/mol. The molecule has 0 aliphatic heterocycles. The molecule has 0 N–H and O–H groups in total. The second kappa shape index (κ2) is 6.87. The Morgan fingerprint density at radius 3 is 2.35 bits per heavy atom. The molecule has 1 rings (SSSR count). The zero-order chi connectivity index (χ0) is 12.2. The van der Waals surface area contributed by atoms with Crippen LogP contribution >= 0.6 is 0 Å². The first-order chi connectivity index (χ1) is 7.38. The molecule has 4 heteroatoms. The zero-order valence-corrected chi connectivity index (χ0v) is 13.0. The molecule has 0 saturated carbocycles. The molecule has 1 aromatic carbocycles. The molecule has 0 aliphatic rings. The third-order valence-corrected chi connectivity index (χ3v) is 2.36. The lowest BCUT2D eigenvalue weighted by Gasteiger charge is -2.23.